The SMILES string of the molecule is CCC1(C(Br)Cc2cccc(F)c2)CCCC1. The van der Waals surface area contributed by atoms with Gasteiger partial charge in [-0.25, -0.2) is 4.39 Å². The Balaban J connectivity index is 2.07. The van der Waals surface area contributed by atoms with Crippen LogP contribution in [0, 0.1) is 11.2 Å². The van der Waals surface area contributed by atoms with E-state index in [2.05, 4.69) is 22.9 Å². The van der Waals surface area contributed by atoms with Crippen molar-refractivity contribution in [2.45, 2.75) is 50.3 Å². The molecular formula is C15H20BrF. The van der Waals surface area contributed by atoms with Crippen molar-refractivity contribution >= 4 is 15.9 Å². The molecule has 17 heavy (non-hydrogen) atoms. The third kappa shape index (κ3) is 2.90. The van der Waals surface area contributed by atoms with Crippen LogP contribution in [0.4, 0.5) is 4.39 Å². The fraction of sp³-hybridized carbons (Fsp3) is 0.600. The molecule has 1 aliphatic carbocycles. The van der Waals surface area contributed by atoms with Crippen molar-refractivity contribution in [3.63, 3.8) is 0 Å². The number of hydrogen-bond donors (Lipinski definition) is 0. The van der Waals surface area contributed by atoms with E-state index in [1.165, 1.54) is 38.2 Å². The van der Waals surface area contributed by atoms with E-state index in [0.29, 0.717) is 10.2 Å². The maximum Gasteiger partial charge on any atom is 0.123 e. The van der Waals surface area contributed by atoms with Crippen LogP contribution in [0.1, 0.15) is 44.6 Å². The van der Waals surface area contributed by atoms with E-state index in [4.69, 9.17) is 0 Å². The van der Waals surface area contributed by atoms with Gasteiger partial charge in [-0.3, -0.25) is 0 Å². The van der Waals surface area contributed by atoms with Crippen LogP contribution in [-0.2, 0) is 6.42 Å². The molecule has 1 unspecified atom stereocenters. The topological polar surface area (TPSA) is 0 Å². The Labute approximate surface area is 112 Å². The highest BCUT2D eigenvalue weighted by Crippen LogP contribution is 2.47. The van der Waals surface area contributed by atoms with Gasteiger partial charge in [0.25, 0.3) is 0 Å². The van der Waals surface area contributed by atoms with Crippen LogP contribution in [-0.4, -0.2) is 4.83 Å². The maximum absolute atomic E-state index is 13.2. The summed E-state index contributed by atoms with van der Waals surface area (Å²) in [7, 11) is 0. The Hall–Kier alpha value is -0.370. The van der Waals surface area contributed by atoms with Gasteiger partial charge in [-0.1, -0.05) is 47.8 Å². The summed E-state index contributed by atoms with van der Waals surface area (Å²) in [6, 6.07) is 7.00. The zero-order chi connectivity index (χ0) is 12.3. The van der Waals surface area contributed by atoms with Crippen LogP contribution in [0.15, 0.2) is 24.3 Å². The fourth-order valence-corrected chi connectivity index (χ4v) is 4.21. The smallest absolute Gasteiger partial charge is 0.123 e. The highest BCUT2D eigenvalue weighted by Gasteiger charge is 2.38. The minimum Gasteiger partial charge on any atom is -0.207 e. The van der Waals surface area contributed by atoms with Crippen LogP contribution in [0.25, 0.3) is 0 Å². The number of hydrogen-bond acceptors (Lipinski definition) is 0. The normalized spacial score (nSPS) is 20.4. The second-order valence-electron chi connectivity index (χ2n) is 5.22. The van der Waals surface area contributed by atoms with Gasteiger partial charge < -0.3 is 0 Å². The molecule has 1 atom stereocenters. The Morgan fingerprint density at radius 2 is 2.06 bits per heavy atom. The van der Waals surface area contributed by atoms with Crippen molar-refractivity contribution < 1.29 is 4.39 Å². The predicted octanol–water partition coefficient (Wildman–Crippen LogP) is 5.10. The Kier molecular flexibility index (Phi) is 4.24. The zero-order valence-electron chi connectivity index (χ0n) is 10.4. The quantitative estimate of drug-likeness (QED) is 0.678. The molecule has 1 aromatic rings. The number of halogens is 2. The van der Waals surface area contributed by atoms with Gasteiger partial charge in [0.2, 0.25) is 0 Å². The van der Waals surface area contributed by atoms with E-state index in [-0.39, 0.29) is 5.82 Å². The van der Waals surface area contributed by atoms with E-state index >= 15 is 0 Å². The molecule has 0 bridgehead atoms. The van der Waals surface area contributed by atoms with E-state index < -0.39 is 0 Å². The van der Waals surface area contributed by atoms with E-state index in [1.54, 1.807) is 12.1 Å². The first kappa shape index (κ1) is 13.1. The molecule has 0 spiro atoms. The molecule has 0 saturated heterocycles. The molecule has 2 heteroatoms. The van der Waals surface area contributed by atoms with Crippen molar-refractivity contribution in [2.24, 2.45) is 5.41 Å². The lowest BCUT2D eigenvalue weighted by Crippen LogP contribution is -2.29. The van der Waals surface area contributed by atoms with Gasteiger partial charge in [0.15, 0.2) is 0 Å². The summed E-state index contributed by atoms with van der Waals surface area (Å²) in [5.74, 6) is -0.126. The summed E-state index contributed by atoms with van der Waals surface area (Å²) >= 11 is 3.86. The first-order valence-corrected chi connectivity index (χ1v) is 7.46. The van der Waals surface area contributed by atoms with Crippen molar-refractivity contribution in [3.8, 4) is 0 Å². The highest BCUT2D eigenvalue weighted by molar-refractivity contribution is 9.09. The lowest BCUT2D eigenvalue weighted by Gasteiger charge is -2.33. The summed E-state index contributed by atoms with van der Waals surface area (Å²) in [5, 5.41) is 0. The van der Waals surface area contributed by atoms with Crippen LogP contribution in [0.2, 0.25) is 0 Å². The molecule has 0 heterocycles. The third-order valence-electron chi connectivity index (χ3n) is 4.27. The molecule has 0 nitrogen and oxygen atoms in total. The van der Waals surface area contributed by atoms with Crippen LogP contribution < -0.4 is 0 Å². The standard InChI is InChI=1S/C15H20BrF/c1-2-15(8-3-4-9-15)14(16)11-12-6-5-7-13(17)10-12/h5-7,10,14H,2-4,8-9,11H2,1H3. The molecule has 0 aliphatic heterocycles. The van der Waals surface area contributed by atoms with Crippen molar-refractivity contribution in [2.75, 3.05) is 0 Å². The molecular weight excluding hydrogens is 279 g/mol. The summed E-state index contributed by atoms with van der Waals surface area (Å²) in [4.78, 5) is 0.476. The molecule has 0 N–H and O–H groups in total. The first-order chi connectivity index (χ1) is 8.16. The lowest BCUT2D eigenvalue weighted by atomic mass is 9.78. The summed E-state index contributed by atoms with van der Waals surface area (Å²) in [6.45, 7) is 2.28. The summed E-state index contributed by atoms with van der Waals surface area (Å²) in [5.41, 5.74) is 1.54. The minimum atomic E-state index is -0.126. The van der Waals surface area contributed by atoms with Crippen molar-refractivity contribution in [3.05, 3.63) is 35.6 Å². The van der Waals surface area contributed by atoms with Gasteiger partial charge in [0.1, 0.15) is 5.82 Å². The lowest BCUT2D eigenvalue weighted by molar-refractivity contribution is 0.275. The Morgan fingerprint density at radius 3 is 2.65 bits per heavy atom. The zero-order valence-corrected chi connectivity index (χ0v) is 12.0. The summed E-state index contributed by atoms with van der Waals surface area (Å²) < 4.78 is 13.2. The van der Waals surface area contributed by atoms with Crippen molar-refractivity contribution in [1.82, 2.24) is 0 Å². The van der Waals surface area contributed by atoms with Gasteiger partial charge >= 0.3 is 0 Å². The molecule has 1 saturated carbocycles. The third-order valence-corrected chi connectivity index (χ3v) is 5.57. The predicted molar refractivity (Wildman–Crippen MR) is 74.0 cm³/mol. The molecule has 1 aromatic carbocycles. The van der Waals surface area contributed by atoms with Gasteiger partial charge in [-0.2, -0.15) is 0 Å². The van der Waals surface area contributed by atoms with Gasteiger partial charge in [0, 0.05) is 4.83 Å². The van der Waals surface area contributed by atoms with Gasteiger partial charge in [-0.05, 0) is 48.8 Å². The monoisotopic (exact) mass is 298 g/mol. The van der Waals surface area contributed by atoms with E-state index in [1.807, 2.05) is 6.07 Å². The molecule has 1 aliphatic rings. The van der Waals surface area contributed by atoms with Crippen LogP contribution >= 0.6 is 15.9 Å². The molecule has 94 valence electrons. The number of benzene rings is 1. The summed E-state index contributed by atoms with van der Waals surface area (Å²) in [6.07, 6.45) is 7.48. The van der Waals surface area contributed by atoms with Gasteiger partial charge in [-0.15, -0.1) is 0 Å². The molecule has 0 aromatic heterocycles. The second-order valence-corrected chi connectivity index (χ2v) is 6.33. The van der Waals surface area contributed by atoms with Crippen LogP contribution in [0.5, 0.6) is 0 Å². The first-order valence-electron chi connectivity index (χ1n) is 6.55. The Morgan fingerprint density at radius 1 is 1.35 bits per heavy atom. The molecule has 0 radical (unpaired) electrons. The average Bonchev–Trinajstić information content (AvgIpc) is 2.78. The highest BCUT2D eigenvalue weighted by atomic mass is 79.9. The average molecular weight is 299 g/mol. The van der Waals surface area contributed by atoms with Crippen LogP contribution in [0.3, 0.4) is 0 Å². The Bertz CT molecular complexity index is 369. The minimum absolute atomic E-state index is 0.126. The fourth-order valence-electron chi connectivity index (χ4n) is 3.05. The van der Waals surface area contributed by atoms with Crippen molar-refractivity contribution in [1.29, 1.82) is 0 Å². The molecule has 1 fully saturated rings. The van der Waals surface area contributed by atoms with Gasteiger partial charge in [0.05, 0.1) is 0 Å². The number of alkyl halides is 1. The second kappa shape index (κ2) is 5.51. The van der Waals surface area contributed by atoms with E-state index in [9.17, 15) is 4.39 Å². The maximum atomic E-state index is 13.2. The molecule has 0 amide bonds. The number of rotatable bonds is 4. The largest absolute Gasteiger partial charge is 0.207 e. The molecule has 2 rings (SSSR count). The van der Waals surface area contributed by atoms with E-state index in [0.717, 1.165) is 12.0 Å².